The van der Waals surface area contributed by atoms with E-state index in [-0.39, 0.29) is 11.6 Å². The molecule has 1 aliphatic heterocycles. The third kappa shape index (κ3) is 2.36. The summed E-state index contributed by atoms with van der Waals surface area (Å²) in [6.07, 6.45) is 16.8. The molecule has 1 heterocycles. The fourth-order valence-corrected chi connectivity index (χ4v) is 8.44. The minimum absolute atomic E-state index is 0.0312. The molecule has 4 aliphatic carbocycles. The second-order valence-electron chi connectivity index (χ2n) is 9.98. The van der Waals surface area contributed by atoms with Crippen molar-refractivity contribution in [3.8, 4) is 0 Å². The Kier molecular flexibility index (Phi) is 4.38. The normalized spacial score (nSPS) is 48.4. The molecule has 0 aromatic heterocycles. The van der Waals surface area contributed by atoms with Crippen LogP contribution in [-0.2, 0) is 4.74 Å². The van der Waals surface area contributed by atoms with Crippen molar-refractivity contribution in [2.75, 3.05) is 6.61 Å². The summed E-state index contributed by atoms with van der Waals surface area (Å²) >= 11 is 0. The maximum atomic E-state index is 11.1. The maximum absolute atomic E-state index is 11.1. The number of ether oxygens (including phenoxy) is 1. The van der Waals surface area contributed by atoms with Crippen molar-refractivity contribution in [3.05, 3.63) is 28.2 Å². The molecule has 148 valence electrons. The molecule has 0 aromatic carbocycles. The van der Waals surface area contributed by atoms with E-state index >= 15 is 0 Å². The predicted octanol–water partition coefficient (Wildman–Crippen LogP) is 6.19. The summed E-state index contributed by atoms with van der Waals surface area (Å²) < 4.78 is 6.48. The largest absolute Gasteiger partial charge is 0.366 e. The average Bonchev–Trinajstić information content (AvgIpc) is 3.33. The fraction of sp³-hybridized carbons (Fsp3) is 0.833. The Labute approximate surface area is 164 Å². The van der Waals surface area contributed by atoms with Crippen LogP contribution in [0.25, 0.3) is 0 Å². The Hall–Kier alpha value is -0.960. The molecular weight excluding hydrogens is 334 g/mol. The predicted molar refractivity (Wildman–Crippen MR) is 108 cm³/mol. The first kappa shape index (κ1) is 18.1. The number of hydrogen-bond donors (Lipinski definition) is 0. The smallest absolute Gasteiger partial charge is 0.0959 e. The van der Waals surface area contributed by atoms with Crippen molar-refractivity contribution in [1.29, 1.82) is 0 Å². The van der Waals surface area contributed by atoms with Crippen LogP contribution in [0.5, 0.6) is 0 Å². The average molecular weight is 370 g/mol. The lowest BCUT2D eigenvalue weighted by molar-refractivity contribution is -0.121. The van der Waals surface area contributed by atoms with E-state index in [9.17, 15) is 4.91 Å². The molecule has 7 atom stereocenters. The molecule has 1 spiro atoms. The maximum Gasteiger partial charge on any atom is 0.0959 e. The Morgan fingerprint density at radius 1 is 1.19 bits per heavy atom. The second-order valence-corrected chi connectivity index (χ2v) is 9.98. The Bertz CT molecular complexity index is 682. The van der Waals surface area contributed by atoms with Crippen LogP contribution in [0.4, 0.5) is 0 Å². The van der Waals surface area contributed by atoms with Crippen molar-refractivity contribution in [2.45, 2.75) is 89.7 Å². The zero-order valence-corrected chi connectivity index (χ0v) is 17.1. The van der Waals surface area contributed by atoms with Gasteiger partial charge >= 0.3 is 0 Å². The van der Waals surface area contributed by atoms with Gasteiger partial charge in [-0.15, -0.1) is 0 Å². The van der Waals surface area contributed by atoms with Gasteiger partial charge in [0, 0.05) is 5.41 Å². The molecule has 0 aromatic rings. The minimum Gasteiger partial charge on any atom is -0.366 e. The molecule has 27 heavy (non-hydrogen) atoms. The van der Waals surface area contributed by atoms with E-state index < -0.39 is 0 Å². The van der Waals surface area contributed by atoms with E-state index in [0.29, 0.717) is 5.41 Å². The van der Waals surface area contributed by atoms with Crippen molar-refractivity contribution in [1.82, 2.24) is 0 Å². The van der Waals surface area contributed by atoms with Gasteiger partial charge in [0.05, 0.1) is 18.2 Å². The highest BCUT2D eigenvalue weighted by Gasteiger charge is 2.65. The van der Waals surface area contributed by atoms with Gasteiger partial charge in [-0.3, -0.25) is 0 Å². The van der Waals surface area contributed by atoms with Gasteiger partial charge in [-0.25, -0.2) is 0 Å². The van der Waals surface area contributed by atoms with Gasteiger partial charge in [-0.05, 0) is 81.5 Å². The molecule has 3 heteroatoms. The monoisotopic (exact) mass is 369 g/mol. The summed E-state index contributed by atoms with van der Waals surface area (Å²) in [5.74, 6) is 3.21. The number of allylic oxidation sites excluding steroid dienone is 1. The zero-order chi connectivity index (χ0) is 18.6. The van der Waals surface area contributed by atoms with E-state index in [0.717, 1.165) is 49.5 Å². The van der Waals surface area contributed by atoms with Gasteiger partial charge in [0.25, 0.3) is 0 Å². The Morgan fingerprint density at radius 3 is 2.78 bits per heavy atom. The van der Waals surface area contributed by atoms with E-state index in [1.165, 1.54) is 44.9 Å². The van der Waals surface area contributed by atoms with E-state index in [4.69, 9.17) is 4.74 Å². The number of rotatable bonds is 3. The van der Waals surface area contributed by atoms with E-state index in [1.54, 1.807) is 11.1 Å². The molecule has 5 rings (SSSR count). The summed E-state index contributed by atoms with van der Waals surface area (Å²) in [4.78, 5) is 11.1. The van der Waals surface area contributed by atoms with Crippen LogP contribution in [0.15, 0.2) is 28.5 Å². The molecule has 3 nitrogen and oxygen atoms in total. The molecule has 2 fully saturated rings. The van der Waals surface area contributed by atoms with Crippen LogP contribution < -0.4 is 0 Å². The highest BCUT2D eigenvalue weighted by molar-refractivity contribution is 5.31. The molecule has 0 N–H and O–H groups in total. The standard InChI is InChI=1S/C24H35NO2/c1-3-16-14-17-15-18(25-26)6-7-19(17)20-8-11-23(4-2)21(22(16)20)9-12-24(23)10-5-13-27-24/h5,10,16,18,20-22H,3-4,6-9,11-15H2,1-2H3/t16?,18?,20?,21?,22?,23-,24-/m0/s1. The summed E-state index contributed by atoms with van der Waals surface area (Å²) in [6, 6.07) is 0.0444. The number of nitroso groups, excluding NO2 is 1. The Balaban J connectivity index is 1.53. The third-order valence-electron chi connectivity index (χ3n) is 9.52. The molecule has 5 unspecified atom stereocenters. The topological polar surface area (TPSA) is 38.7 Å². The first-order chi connectivity index (χ1) is 13.2. The third-order valence-corrected chi connectivity index (χ3v) is 9.52. The van der Waals surface area contributed by atoms with Crippen LogP contribution in [0, 0.1) is 34.0 Å². The first-order valence-electron chi connectivity index (χ1n) is 11.5. The lowest BCUT2D eigenvalue weighted by atomic mass is 9.48. The van der Waals surface area contributed by atoms with Crippen molar-refractivity contribution in [2.24, 2.45) is 34.3 Å². The number of fused-ring (bicyclic) bond motifs is 5. The van der Waals surface area contributed by atoms with Crippen LogP contribution >= 0.6 is 0 Å². The van der Waals surface area contributed by atoms with Crippen LogP contribution in [0.1, 0.15) is 78.1 Å². The van der Waals surface area contributed by atoms with Gasteiger partial charge in [0.1, 0.15) is 0 Å². The molecule has 0 amide bonds. The van der Waals surface area contributed by atoms with Gasteiger partial charge in [0.2, 0.25) is 0 Å². The van der Waals surface area contributed by atoms with Crippen LogP contribution in [-0.4, -0.2) is 18.2 Å². The highest BCUT2D eigenvalue weighted by atomic mass is 16.5. The molecule has 0 saturated heterocycles. The van der Waals surface area contributed by atoms with Gasteiger partial charge in [-0.2, -0.15) is 4.91 Å². The highest BCUT2D eigenvalue weighted by Crippen LogP contribution is 2.68. The summed E-state index contributed by atoms with van der Waals surface area (Å²) in [5.41, 5.74) is 3.78. The van der Waals surface area contributed by atoms with Crippen molar-refractivity contribution < 1.29 is 4.74 Å². The number of nitrogens with zero attached hydrogens (tertiary/aromatic N) is 1. The number of hydrogen-bond acceptors (Lipinski definition) is 3. The molecule has 5 aliphatic rings. The van der Waals surface area contributed by atoms with E-state index in [1.807, 2.05) is 0 Å². The zero-order valence-electron chi connectivity index (χ0n) is 17.1. The van der Waals surface area contributed by atoms with Crippen molar-refractivity contribution >= 4 is 0 Å². The molecule has 0 bridgehead atoms. The summed E-state index contributed by atoms with van der Waals surface area (Å²) in [7, 11) is 0. The summed E-state index contributed by atoms with van der Waals surface area (Å²) in [5, 5.41) is 3.41. The van der Waals surface area contributed by atoms with E-state index in [2.05, 4.69) is 31.2 Å². The first-order valence-corrected chi connectivity index (χ1v) is 11.5. The van der Waals surface area contributed by atoms with Gasteiger partial charge < -0.3 is 4.74 Å². The molecule has 2 saturated carbocycles. The Morgan fingerprint density at radius 2 is 2.07 bits per heavy atom. The molecule has 0 radical (unpaired) electrons. The van der Waals surface area contributed by atoms with Gasteiger partial charge in [0.15, 0.2) is 0 Å². The van der Waals surface area contributed by atoms with Gasteiger partial charge in [-0.1, -0.05) is 48.7 Å². The fourth-order valence-electron chi connectivity index (χ4n) is 8.44. The minimum atomic E-state index is 0.0312. The second kappa shape index (κ2) is 6.54. The SMILES string of the molecule is CCC1CC2=C(CCC(N=O)C2)C2CC[C@@]3(CC)C(CC[C@@]34C=CCO4)C12. The summed E-state index contributed by atoms with van der Waals surface area (Å²) in [6.45, 7) is 5.63. The lowest BCUT2D eigenvalue weighted by Gasteiger charge is -2.57. The van der Waals surface area contributed by atoms with Crippen LogP contribution in [0.2, 0.25) is 0 Å². The quantitative estimate of drug-likeness (QED) is 0.439. The molecular formula is C24H35NO2. The lowest BCUT2D eigenvalue weighted by Crippen LogP contribution is -2.54. The van der Waals surface area contributed by atoms with Crippen LogP contribution in [0.3, 0.4) is 0 Å². The van der Waals surface area contributed by atoms with Crippen molar-refractivity contribution in [3.63, 3.8) is 0 Å².